The summed E-state index contributed by atoms with van der Waals surface area (Å²) in [5, 5.41) is 5.90. The smallest absolute Gasteiger partial charge is 0.395 e. The lowest BCUT2D eigenvalue weighted by molar-refractivity contribution is -0.286. The second kappa shape index (κ2) is 5.03. The number of nitrogens with one attached hydrogen (secondary N) is 2. The van der Waals surface area contributed by atoms with Gasteiger partial charge in [0.15, 0.2) is 11.5 Å². The van der Waals surface area contributed by atoms with Gasteiger partial charge in [0.25, 0.3) is 0 Å². The lowest BCUT2D eigenvalue weighted by Gasteiger charge is -2.31. The number of ether oxygens (including phenoxy) is 2. The predicted octanol–water partition coefficient (Wildman–Crippen LogP) is 1.83. The van der Waals surface area contributed by atoms with Gasteiger partial charge in [-0.25, -0.2) is 4.79 Å². The van der Waals surface area contributed by atoms with E-state index in [1.807, 2.05) is 6.92 Å². The predicted molar refractivity (Wildman–Crippen MR) is 70.7 cm³/mol. The Labute approximate surface area is 120 Å². The highest BCUT2D eigenvalue weighted by atomic mass is 19.3. The molecule has 2 N–H and O–H groups in total. The van der Waals surface area contributed by atoms with Gasteiger partial charge in [0, 0.05) is 37.4 Å². The molecule has 1 atom stereocenters. The van der Waals surface area contributed by atoms with E-state index >= 15 is 0 Å². The van der Waals surface area contributed by atoms with Crippen molar-refractivity contribution in [1.29, 1.82) is 0 Å². The van der Waals surface area contributed by atoms with E-state index in [0.717, 1.165) is 6.54 Å². The molecule has 0 aromatic heterocycles. The van der Waals surface area contributed by atoms with Crippen LogP contribution in [0.15, 0.2) is 18.2 Å². The number of carbonyl (C=O) groups excluding carboxylic acids is 1. The van der Waals surface area contributed by atoms with Crippen molar-refractivity contribution >= 4 is 11.7 Å². The van der Waals surface area contributed by atoms with Gasteiger partial charge < -0.3 is 25.0 Å². The first-order valence-electron chi connectivity index (χ1n) is 6.62. The van der Waals surface area contributed by atoms with Gasteiger partial charge >= 0.3 is 12.3 Å². The van der Waals surface area contributed by atoms with Gasteiger partial charge in [-0.3, -0.25) is 0 Å². The molecular weight excluding hydrogens is 284 g/mol. The van der Waals surface area contributed by atoms with Gasteiger partial charge in [-0.1, -0.05) is 0 Å². The lowest BCUT2D eigenvalue weighted by Crippen LogP contribution is -2.52. The Balaban J connectivity index is 1.67. The normalized spacial score (nSPS) is 23.0. The highest BCUT2D eigenvalue weighted by Crippen LogP contribution is 2.42. The molecule has 1 aromatic carbocycles. The van der Waals surface area contributed by atoms with E-state index in [9.17, 15) is 13.6 Å². The number of amides is 2. The van der Waals surface area contributed by atoms with Gasteiger partial charge in [0.1, 0.15) is 0 Å². The van der Waals surface area contributed by atoms with Crippen molar-refractivity contribution < 1.29 is 23.0 Å². The fourth-order valence-electron chi connectivity index (χ4n) is 2.35. The number of anilines is 1. The quantitative estimate of drug-likeness (QED) is 0.830. The summed E-state index contributed by atoms with van der Waals surface area (Å²) < 4.78 is 34.5. The van der Waals surface area contributed by atoms with Gasteiger partial charge in [-0.15, -0.1) is 8.78 Å². The number of halogens is 2. The molecular formula is C13H15F2N3O3. The van der Waals surface area contributed by atoms with E-state index in [1.165, 1.54) is 18.2 Å². The summed E-state index contributed by atoms with van der Waals surface area (Å²) in [5.41, 5.74) is 0.381. The van der Waals surface area contributed by atoms with Crippen molar-refractivity contribution in [3.8, 4) is 11.5 Å². The zero-order valence-electron chi connectivity index (χ0n) is 11.4. The molecule has 2 amide bonds. The number of hydrogen-bond acceptors (Lipinski definition) is 4. The summed E-state index contributed by atoms with van der Waals surface area (Å²) in [7, 11) is 0. The Morgan fingerprint density at radius 2 is 2.19 bits per heavy atom. The largest absolute Gasteiger partial charge is 0.586 e. The molecule has 1 saturated heterocycles. The SMILES string of the molecule is CC1CN(C(=O)Nc2ccc3c(c2)OC(F)(F)O3)CCN1. The molecule has 0 bridgehead atoms. The summed E-state index contributed by atoms with van der Waals surface area (Å²) in [6, 6.07) is 4.10. The number of nitrogens with zero attached hydrogens (tertiary/aromatic N) is 1. The maximum absolute atomic E-state index is 12.9. The molecule has 2 aliphatic rings. The van der Waals surface area contributed by atoms with Gasteiger partial charge in [0.2, 0.25) is 0 Å². The Kier molecular flexibility index (Phi) is 3.32. The number of rotatable bonds is 1. The Bertz CT molecular complexity index is 568. The zero-order valence-corrected chi connectivity index (χ0v) is 11.4. The van der Waals surface area contributed by atoms with Crippen LogP contribution in [0, 0.1) is 0 Å². The second-order valence-corrected chi connectivity index (χ2v) is 5.06. The molecule has 3 rings (SSSR count). The van der Waals surface area contributed by atoms with Crippen molar-refractivity contribution in [2.75, 3.05) is 25.0 Å². The molecule has 1 fully saturated rings. The number of carbonyl (C=O) groups is 1. The molecule has 0 radical (unpaired) electrons. The second-order valence-electron chi connectivity index (χ2n) is 5.06. The first-order chi connectivity index (χ1) is 9.93. The standard InChI is InChI=1S/C13H15F2N3O3/c1-8-7-18(5-4-16-8)12(19)17-9-2-3-10-11(6-9)21-13(14,15)20-10/h2-3,6,8,16H,4-5,7H2,1H3,(H,17,19). The molecule has 0 spiro atoms. The number of alkyl halides is 2. The minimum absolute atomic E-state index is 0.0474. The third-order valence-electron chi connectivity index (χ3n) is 3.31. The molecule has 2 heterocycles. The van der Waals surface area contributed by atoms with Crippen molar-refractivity contribution in [1.82, 2.24) is 10.2 Å². The molecule has 114 valence electrons. The van der Waals surface area contributed by atoms with Crippen molar-refractivity contribution in [3.05, 3.63) is 18.2 Å². The highest BCUT2D eigenvalue weighted by molar-refractivity contribution is 5.89. The van der Waals surface area contributed by atoms with Crippen LogP contribution >= 0.6 is 0 Å². The summed E-state index contributed by atoms with van der Waals surface area (Å²) in [4.78, 5) is 13.8. The van der Waals surface area contributed by atoms with Crippen molar-refractivity contribution in [2.24, 2.45) is 0 Å². The van der Waals surface area contributed by atoms with E-state index in [1.54, 1.807) is 4.90 Å². The van der Waals surface area contributed by atoms with Crippen molar-refractivity contribution in [2.45, 2.75) is 19.3 Å². The summed E-state index contributed by atoms with van der Waals surface area (Å²) >= 11 is 0. The minimum Gasteiger partial charge on any atom is -0.395 e. The topological polar surface area (TPSA) is 62.8 Å². The van der Waals surface area contributed by atoms with E-state index in [2.05, 4.69) is 20.1 Å². The van der Waals surface area contributed by atoms with Gasteiger partial charge in [-0.05, 0) is 19.1 Å². The first-order valence-corrected chi connectivity index (χ1v) is 6.62. The van der Waals surface area contributed by atoms with E-state index in [-0.39, 0.29) is 23.6 Å². The fourth-order valence-corrected chi connectivity index (χ4v) is 2.35. The van der Waals surface area contributed by atoms with E-state index in [0.29, 0.717) is 18.8 Å². The number of hydrogen-bond donors (Lipinski definition) is 2. The third-order valence-corrected chi connectivity index (χ3v) is 3.31. The van der Waals surface area contributed by atoms with Crippen molar-refractivity contribution in [3.63, 3.8) is 0 Å². The number of benzene rings is 1. The molecule has 8 heteroatoms. The van der Waals surface area contributed by atoms with Crippen LogP contribution in [0.25, 0.3) is 0 Å². The molecule has 1 aromatic rings. The molecule has 0 aliphatic carbocycles. The molecule has 6 nitrogen and oxygen atoms in total. The summed E-state index contributed by atoms with van der Waals surface area (Å²) in [6.45, 7) is 3.90. The third kappa shape index (κ3) is 2.99. The first kappa shape index (κ1) is 13.9. The molecule has 2 aliphatic heterocycles. The van der Waals surface area contributed by atoms with E-state index < -0.39 is 6.29 Å². The van der Waals surface area contributed by atoms with E-state index in [4.69, 9.17) is 0 Å². The highest BCUT2D eigenvalue weighted by Gasteiger charge is 2.43. The maximum atomic E-state index is 12.9. The monoisotopic (exact) mass is 299 g/mol. The molecule has 0 saturated carbocycles. The maximum Gasteiger partial charge on any atom is 0.586 e. The summed E-state index contributed by atoms with van der Waals surface area (Å²) in [6.07, 6.45) is -3.65. The van der Waals surface area contributed by atoms with Crippen LogP contribution in [0.2, 0.25) is 0 Å². The van der Waals surface area contributed by atoms with Crippen LogP contribution in [-0.4, -0.2) is 42.9 Å². The molecule has 21 heavy (non-hydrogen) atoms. The molecule has 1 unspecified atom stereocenters. The van der Waals surface area contributed by atoms with Gasteiger partial charge in [0.05, 0.1) is 0 Å². The lowest BCUT2D eigenvalue weighted by atomic mass is 10.2. The Hall–Kier alpha value is -2.09. The number of piperazine rings is 1. The fraction of sp³-hybridized carbons (Fsp3) is 0.462. The zero-order chi connectivity index (χ0) is 15.0. The minimum atomic E-state index is -3.65. The van der Waals surface area contributed by atoms with Crippen LogP contribution in [0.5, 0.6) is 11.5 Å². The van der Waals surface area contributed by atoms with Crippen LogP contribution in [0.1, 0.15) is 6.92 Å². The van der Waals surface area contributed by atoms with Gasteiger partial charge in [-0.2, -0.15) is 0 Å². The van der Waals surface area contributed by atoms with Crippen LogP contribution in [-0.2, 0) is 0 Å². The number of urea groups is 1. The van der Waals surface area contributed by atoms with Crippen LogP contribution in [0.3, 0.4) is 0 Å². The number of fused-ring (bicyclic) bond motifs is 1. The van der Waals surface area contributed by atoms with Crippen LogP contribution in [0.4, 0.5) is 19.3 Å². The summed E-state index contributed by atoms with van der Waals surface area (Å²) in [5.74, 6) is -0.139. The Morgan fingerprint density at radius 1 is 1.43 bits per heavy atom. The van der Waals surface area contributed by atoms with Crippen LogP contribution < -0.4 is 20.1 Å². The average Bonchev–Trinajstić information content (AvgIpc) is 2.72. The Morgan fingerprint density at radius 3 is 2.95 bits per heavy atom. The average molecular weight is 299 g/mol.